The summed E-state index contributed by atoms with van der Waals surface area (Å²) in [4.78, 5) is 12.5. The second kappa shape index (κ2) is 3.30. The maximum atomic E-state index is 5.40. The number of fused-ring (bicyclic) bond motifs is 1. The molecule has 0 unspecified atom stereocenters. The molecule has 2 N–H and O–H groups in total. The highest BCUT2D eigenvalue weighted by molar-refractivity contribution is 5.76. The number of rotatable bonds is 1. The van der Waals surface area contributed by atoms with Crippen molar-refractivity contribution in [1.29, 1.82) is 0 Å². The summed E-state index contributed by atoms with van der Waals surface area (Å²) in [6.45, 7) is 0. The van der Waals surface area contributed by atoms with Gasteiger partial charge in [0.1, 0.15) is 5.69 Å². The number of benzene rings is 1. The third-order valence-corrected chi connectivity index (χ3v) is 2.22. The van der Waals surface area contributed by atoms with E-state index in [1.54, 1.807) is 6.20 Å². The van der Waals surface area contributed by atoms with Crippen LogP contribution in [0.15, 0.2) is 41.1 Å². The molecule has 3 aromatic rings. The molecular weight excluding hydrogens is 204 g/mol. The van der Waals surface area contributed by atoms with Crippen LogP contribution < -0.4 is 5.73 Å². The van der Waals surface area contributed by atoms with Gasteiger partial charge in [-0.05, 0) is 12.1 Å². The number of nitrogen functional groups attached to an aromatic ring is 1. The lowest BCUT2D eigenvalue weighted by Gasteiger charge is -1.98. The normalized spacial score (nSPS) is 10.8. The molecular formula is C11H8N4O. The minimum absolute atomic E-state index is 0.130. The van der Waals surface area contributed by atoms with E-state index in [0.29, 0.717) is 11.5 Å². The van der Waals surface area contributed by atoms with Crippen molar-refractivity contribution in [3.8, 4) is 11.5 Å². The van der Waals surface area contributed by atoms with Gasteiger partial charge in [0.25, 0.3) is 6.01 Å². The standard InChI is InChI=1S/C11H8N4O/c12-11-14-6-10(16-11)9-5-13-7-3-1-2-4-8(7)15-9/h1-6H,(H2,12,14). The van der Waals surface area contributed by atoms with Crippen LogP contribution in [0.1, 0.15) is 0 Å². The van der Waals surface area contributed by atoms with Crippen molar-refractivity contribution in [2.75, 3.05) is 5.73 Å². The Hall–Kier alpha value is -2.43. The van der Waals surface area contributed by atoms with E-state index in [9.17, 15) is 0 Å². The Balaban J connectivity index is 2.18. The summed E-state index contributed by atoms with van der Waals surface area (Å²) in [6, 6.07) is 7.76. The minimum atomic E-state index is 0.130. The highest BCUT2D eigenvalue weighted by Crippen LogP contribution is 2.20. The molecule has 0 aliphatic carbocycles. The second-order valence-electron chi connectivity index (χ2n) is 3.31. The van der Waals surface area contributed by atoms with Crippen LogP contribution in [0.25, 0.3) is 22.5 Å². The van der Waals surface area contributed by atoms with Gasteiger partial charge in [0, 0.05) is 0 Å². The van der Waals surface area contributed by atoms with E-state index in [4.69, 9.17) is 10.2 Å². The largest absolute Gasteiger partial charge is 0.422 e. The molecule has 2 heterocycles. The molecule has 0 radical (unpaired) electrons. The molecule has 5 nitrogen and oxygen atoms in total. The summed E-state index contributed by atoms with van der Waals surface area (Å²) >= 11 is 0. The van der Waals surface area contributed by atoms with Gasteiger partial charge in [-0.2, -0.15) is 0 Å². The van der Waals surface area contributed by atoms with Crippen molar-refractivity contribution < 1.29 is 4.42 Å². The molecule has 0 aliphatic rings. The molecule has 3 rings (SSSR count). The lowest BCUT2D eigenvalue weighted by molar-refractivity contribution is 0.592. The molecule has 0 spiro atoms. The average Bonchev–Trinajstić information content (AvgIpc) is 2.75. The highest BCUT2D eigenvalue weighted by Gasteiger charge is 2.06. The maximum absolute atomic E-state index is 5.40. The van der Waals surface area contributed by atoms with Gasteiger partial charge < -0.3 is 10.2 Å². The molecule has 78 valence electrons. The third kappa shape index (κ3) is 1.38. The van der Waals surface area contributed by atoms with Crippen LogP contribution >= 0.6 is 0 Å². The van der Waals surface area contributed by atoms with E-state index in [1.807, 2.05) is 24.3 Å². The Labute approximate surface area is 91.0 Å². The molecule has 0 bridgehead atoms. The number of hydrogen-bond donors (Lipinski definition) is 1. The summed E-state index contributed by atoms with van der Waals surface area (Å²) in [5.41, 5.74) is 7.69. The van der Waals surface area contributed by atoms with Crippen molar-refractivity contribution in [3.05, 3.63) is 36.7 Å². The van der Waals surface area contributed by atoms with Gasteiger partial charge >= 0.3 is 0 Å². The number of oxazole rings is 1. The van der Waals surface area contributed by atoms with Gasteiger partial charge in [-0.1, -0.05) is 12.1 Å². The lowest BCUT2D eigenvalue weighted by atomic mass is 10.3. The Morgan fingerprint density at radius 1 is 1.00 bits per heavy atom. The zero-order chi connectivity index (χ0) is 11.0. The van der Waals surface area contributed by atoms with Crippen LogP contribution in [0.4, 0.5) is 6.01 Å². The summed E-state index contributed by atoms with van der Waals surface area (Å²) in [7, 11) is 0. The van der Waals surface area contributed by atoms with Crippen molar-refractivity contribution in [3.63, 3.8) is 0 Å². The van der Waals surface area contributed by atoms with E-state index >= 15 is 0 Å². The Morgan fingerprint density at radius 3 is 2.56 bits per heavy atom. The fourth-order valence-corrected chi connectivity index (χ4v) is 1.48. The van der Waals surface area contributed by atoms with Gasteiger partial charge in [-0.25, -0.2) is 9.97 Å². The van der Waals surface area contributed by atoms with E-state index in [2.05, 4.69) is 15.0 Å². The lowest BCUT2D eigenvalue weighted by Crippen LogP contribution is -1.86. The first-order chi connectivity index (χ1) is 7.83. The predicted octanol–water partition coefficient (Wildman–Crippen LogP) is 1.87. The van der Waals surface area contributed by atoms with Gasteiger partial charge in [-0.3, -0.25) is 4.98 Å². The van der Waals surface area contributed by atoms with Gasteiger partial charge in [0.15, 0.2) is 5.76 Å². The zero-order valence-corrected chi connectivity index (χ0v) is 8.29. The van der Waals surface area contributed by atoms with Gasteiger partial charge in [0.05, 0.1) is 23.4 Å². The molecule has 0 saturated heterocycles. The van der Waals surface area contributed by atoms with Crippen molar-refractivity contribution in [1.82, 2.24) is 15.0 Å². The average molecular weight is 212 g/mol. The Bertz CT molecular complexity index is 647. The summed E-state index contributed by atoms with van der Waals surface area (Å²) in [5, 5.41) is 0. The van der Waals surface area contributed by atoms with Crippen LogP contribution in [0, 0.1) is 0 Å². The molecule has 0 aliphatic heterocycles. The van der Waals surface area contributed by atoms with E-state index in [-0.39, 0.29) is 6.01 Å². The molecule has 0 amide bonds. The Morgan fingerprint density at radius 2 is 1.81 bits per heavy atom. The highest BCUT2D eigenvalue weighted by atomic mass is 16.4. The monoisotopic (exact) mass is 212 g/mol. The fourth-order valence-electron chi connectivity index (χ4n) is 1.48. The molecule has 2 aromatic heterocycles. The zero-order valence-electron chi connectivity index (χ0n) is 8.29. The molecule has 16 heavy (non-hydrogen) atoms. The summed E-state index contributed by atoms with van der Waals surface area (Å²) in [5.74, 6) is 0.524. The second-order valence-corrected chi connectivity index (χ2v) is 3.31. The first kappa shape index (κ1) is 8.84. The van der Waals surface area contributed by atoms with Crippen LogP contribution in [-0.4, -0.2) is 15.0 Å². The van der Waals surface area contributed by atoms with E-state index in [0.717, 1.165) is 11.0 Å². The number of hydrogen-bond acceptors (Lipinski definition) is 5. The summed E-state index contributed by atoms with van der Waals surface area (Å²) in [6.07, 6.45) is 3.18. The molecule has 0 fully saturated rings. The smallest absolute Gasteiger partial charge is 0.292 e. The molecule has 1 aromatic carbocycles. The van der Waals surface area contributed by atoms with Crippen LogP contribution in [0.5, 0.6) is 0 Å². The topological polar surface area (TPSA) is 77.8 Å². The SMILES string of the molecule is Nc1ncc(-c2cnc3ccccc3n2)o1. The van der Waals surface area contributed by atoms with E-state index in [1.165, 1.54) is 6.20 Å². The predicted molar refractivity (Wildman–Crippen MR) is 59.4 cm³/mol. The van der Waals surface area contributed by atoms with Crippen LogP contribution in [-0.2, 0) is 0 Å². The first-order valence-electron chi connectivity index (χ1n) is 4.76. The Kier molecular flexibility index (Phi) is 1.83. The summed E-state index contributed by atoms with van der Waals surface area (Å²) < 4.78 is 5.18. The minimum Gasteiger partial charge on any atom is -0.422 e. The molecule has 0 atom stereocenters. The van der Waals surface area contributed by atoms with E-state index < -0.39 is 0 Å². The quantitative estimate of drug-likeness (QED) is 0.666. The number of aromatic nitrogens is 3. The van der Waals surface area contributed by atoms with Crippen molar-refractivity contribution >= 4 is 17.0 Å². The number of nitrogens with two attached hydrogens (primary N) is 1. The number of para-hydroxylation sites is 2. The third-order valence-electron chi connectivity index (χ3n) is 2.22. The van der Waals surface area contributed by atoms with Crippen LogP contribution in [0.2, 0.25) is 0 Å². The van der Waals surface area contributed by atoms with Gasteiger partial charge in [0.2, 0.25) is 0 Å². The fraction of sp³-hybridized carbons (Fsp3) is 0. The molecule has 0 saturated carbocycles. The first-order valence-corrected chi connectivity index (χ1v) is 4.76. The van der Waals surface area contributed by atoms with Gasteiger partial charge in [-0.15, -0.1) is 0 Å². The van der Waals surface area contributed by atoms with Crippen molar-refractivity contribution in [2.24, 2.45) is 0 Å². The van der Waals surface area contributed by atoms with Crippen molar-refractivity contribution in [2.45, 2.75) is 0 Å². The number of anilines is 1. The van der Waals surface area contributed by atoms with Crippen LogP contribution in [0.3, 0.4) is 0 Å². The molecule has 5 heteroatoms. The number of nitrogens with zero attached hydrogens (tertiary/aromatic N) is 3. The maximum Gasteiger partial charge on any atom is 0.292 e.